The first kappa shape index (κ1) is 24.1. The van der Waals surface area contributed by atoms with E-state index >= 15 is 0 Å². The fourth-order valence-corrected chi connectivity index (χ4v) is 4.72. The third-order valence-electron chi connectivity index (χ3n) is 6.34. The summed E-state index contributed by atoms with van der Waals surface area (Å²) in [6.07, 6.45) is 3.98. The van der Waals surface area contributed by atoms with Crippen LogP contribution < -0.4 is 10.2 Å². The maximum Gasteiger partial charge on any atom is 0.229 e. The van der Waals surface area contributed by atoms with E-state index in [0.29, 0.717) is 18.0 Å². The Morgan fingerprint density at radius 3 is 2.78 bits per heavy atom. The highest BCUT2D eigenvalue weighted by atomic mass is 19.1. The lowest BCUT2D eigenvalue weighted by atomic mass is 10.1. The number of aromatic nitrogens is 5. The molecule has 10 heteroatoms. The van der Waals surface area contributed by atoms with Gasteiger partial charge in [0.25, 0.3) is 0 Å². The first-order chi connectivity index (χ1) is 17.4. The first-order valence-corrected chi connectivity index (χ1v) is 12.1. The zero-order valence-electron chi connectivity index (χ0n) is 20.6. The number of aryl methyl sites for hydroxylation is 1. The van der Waals surface area contributed by atoms with Gasteiger partial charge in [0.15, 0.2) is 5.82 Å². The Morgan fingerprint density at radius 2 is 2.03 bits per heavy atom. The Labute approximate surface area is 209 Å². The van der Waals surface area contributed by atoms with E-state index in [1.807, 2.05) is 37.3 Å². The molecule has 2 N–H and O–H groups in total. The summed E-state index contributed by atoms with van der Waals surface area (Å²) >= 11 is 0. The monoisotopic (exact) mass is 491 g/mol. The maximum absolute atomic E-state index is 14.8. The molecule has 1 atom stereocenters. The average Bonchev–Trinajstić information content (AvgIpc) is 3.47. The number of imidazole rings is 1. The molecule has 0 radical (unpaired) electrons. The SMILES string of the molecule is Cc1nc2ccc(-c3nc(Nc4ccc(N5CCC(OCCO)C5)cn4)ncc3F)cc2n1C(C)C. The van der Waals surface area contributed by atoms with E-state index in [1.54, 1.807) is 6.20 Å². The highest BCUT2D eigenvalue weighted by Gasteiger charge is 2.23. The summed E-state index contributed by atoms with van der Waals surface area (Å²) in [5, 5.41) is 12.0. The Hall–Kier alpha value is -3.63. The van der Waals surface area contributed by atoms with E-state index in [0.717, 1.165) is 42.1 Å². The van der Waals surface area contributed by atoms with Crippen LogP contribution in [0.3, 0.4) is 0 Å². The standard InChI is InChI=1S/C26H30FN7O2/c1-16(2)34-17(3)30-22-6-4-18(12-23(22)34)25-21(27)14-29-26(32-25)31-24-7-5-19(13-28-24)33-9-8-20(15-33)36-11-10-35/h4-7,12-14,16,20,35H,8-11,15H2,1-3H3,(H,28,29,31,32). The van der Waals surface area contributed by atoms with Gasteiger partial charge < -0.3 is 24.6 Å². The lowest BCUT2D eigenvalue weighted by molar-refractivity contribution is 0.0411. The number of halogens is 1. The molecule has 0 saturated carbocycles. The topological polar surface area (TPSA) is 101 Å². The molecule has 1 fully saturated rings. The molecule has 3 aromatic heterocycles. The van der Waals surface area contributed by atoms with Crippen LogP contribution in [0.5, 0.6) is 0 Å². The third kappa shape index (κ3) is 4.87. The summed E-state index contributed by atoms with van der Waals surface area (Å²) in [6, 6.07) is 9.69. The van der Waals surface area contributed by atoms with Gasteiger partial charge in [0.2, 0.25) is 5.95 Å². The number of nitrogens with zero attached hydrogens (tertiary/aromatic N) is 6. The van der Waals surface area contributed by atoms with Crippen molar-refractivity contribution >= 4 is 28.5 Å². The molecule has 0 aliphatic carbocycles. The summed E-state index contributed by atoms with van der Waals surface area (Å²) in [6.45, 7) is 8.18. The Kier molecular flexibility index (Phi) is 6.80. The number of hydrogen-bond donors (Lipinski definition) is 2. The van der Waals surface area contributed by atoms with Crippen LogP contribution in [0.15, 0.2) is 42.7 Å². The fourth-order valence-electron chi connectivity index (χ4n) is 4.72. The van der Waals surface area contributed by atoms with Crippen LogP contribution in [-0.4, -0.2) is 62.0 Å². The summed E-state index contributed by atoms with van der Waals surface area (Å²) in [5.74, 6) is 1.24. The van der Waals surface area contributed by atoms with Crippen LogP contribution in [0.4, 0.5) is 21.8 Å². The van der Waals surface area contributed by atoms with Crippen LogP contribution in [-0.2, 0) is 4.74 Å². The number of benzene rings is 1. The molecule has 36 heavy (non-hydrogen) atoms. The van der Waals surface area contributed by atoms with E-state index in [2.05, 4.69) is 48.6 Å². The van der Waals surface area contributed by atoms with Gasteiger partial charge in [-0.25, -0.2) is 24.3 Å². The molecule has 0 bridgehead atoms. The van der Waals surface area contributed by atoms with Gasteiger partial charge in [0, 0.05) is 24.7 Å². The molecule has 4 aromatic rings. The minimum absolute atomic E-state index is 0.0303. The minimum Gasteiger partial charge on any atom is -0.394 e. The van der Waals surface area contributed by atoms with Crippen molar-refractivity contribution in [3.8, 4) is 11.3 Å². The first-order valence-electron chi connectivity index (χ1n) is 12.1. The zero-order valence-corrected chi connectivity index (χ0v) is 20.6. The van der Waals surface area contributed by atoms with Gasteiger partial charge in [0.05, 0.1) is 48.4 Å². The van der Waals surface area contributed by atoms with Crippen molar-refractivity contribution in [1.82, 2.24) is 24.5 Å². The number of nitrogens with one attached hydrogen (secondary N) is 1. The molecule has 1 aliphatic heterocycles. The van der Waals surface area contributed by atoms with Gasteiger partial charge in [0.1, 0.15) is 17.3 Å². The molecular formula is C26H30FN7O2. The second-order valence-corrected chi connectivity index (χ2v) is 9.19. The molecule has 5 rings (SSSR count). The van der Waals surface area contributed by atoms with Crippen LogP contribution >= 0.6 is 0 Å². The van der Waals surface area contributed by atoms with Crippen LogP contribution in [0.2, 0.25) is 0 Å². The van der Waals surface area contributed by atoms with Gasteiger partial charge >= 0.3 is 0 Å². The minimum atomic E-state index is -0.498. The maximum atomic E-state index is 14.8. The average molecular weight is 492 g/mol. The quantitative estimate of drug-likeness (QED) is 0.377. The number of aliphatic hydroxyl groups excluding tert-OH is 1. The van der Waals surface area contributed by atoms with E-state index in [9.17, 15) is 4.39 Å². The lowest BCUT2D eigenvalue weighted by Crippen LogP contribution is -2.23. The number of ether oxygens (including phenoxy) is 1. The Morgan fingerprint density at radius 1 is 1.17 bits per heavy atom. The molecule has 4 heterocycles. The van der Waals surface area contributed by atoms with E-state index in [4.69, 9.17) is 9.84 Å². The highest BCUT2D eigenvalue weighted by molar-refractivity contribution is 5.82. The number of hydrogen-bond acceptors (Lipinski definition) is 8. The van der Waals surface area contributed by atoms with Crippen molar-refractivity contribution in [2.24, 2.45) is 0 Å². The molecule has 188 valence electrons. The number of aliphatic hydroxyl groups is 1. The van der Waals surface area contributed by atoms with Crippen LogP contribution in [0.25, 0.3) is 22.3 Å². The molecule has 1 aliphatic rings. The number of pyridine rings is 1. The molecule has 0 spiro atoms. The third-order valence-corrected chi connectivity index (χ3v) is 6.34. The van der Waals surface area contributed by atoms with Crippen molar-refractivity contribution in [2.45, 2.75) is 39.3 Å². The van der Waals surface area contributed by atoms with Crippen molar-refractivity contribution in [3.63, 3.8) is 0 Å². The van der Waals surface area contributed by atoms with Crippen LogP contribution in [0.1, 0.15) is 32.1 Å². The van der Waals surface area contributed by atoms with Gasteiger partial charge in [-0.05, 0) is 51.5 Å². The summed E-state index contributed by atoms with van der Waals surface area (Å²) < 4.78 is 22.5. The zero-order chi connectivity index (χ0) is 25.2. The normalized spacial score (nSPS) is 15.8. The van der Waals surface area contributed by atoms with E-state index in [1.165, 1.54) is 6.20 Å². The number of rotatable bonds is 8. The predicted octanol–water partition coefficient (Wildman–Crippen LogP) is 4.25. The largest absolute Gasteiger partial charge is 0.394 e. The molecular weight excluding hydrogens is 461 g/mol. The summed E-state index contributed by atoms with van der Waals surface area (Å²) in [5.41, 5.74) is 3.66. The number of fused-ring (bicyclic) bond motifs is 1. The summed E-state index contributed by atoms with van der Waals surface area (Å²) in [4.78, 5) is 19.9. The lowest BCUT2D eigenvalue weighted by Gasteiger charge is -2.18. The van der Waals surface area contributed by atoms with E-state index in [-0.39, 0.29) is 30.4 Å². The Bertz CT molecular complexity index is 1360. The second-order valence-electron chi connectivity index (χ2n) is 9.19. The Balaban J connectivity index is 1.34. The van der Waals surface area contributed by atoms with Gasteiger partial charge in [-0.1, -0.05) is 6.07 Å². The molecule has 1 aromatic carbocycles. The van der Waals surface area contributed by atoms with E-state index < -0.39 is 5.82 Å². The van der Waals surface area contributed by atoms with Gasteiger partial charge in [-0.3, -0.25) is 0 Å². The molecule has 1 saturated heterocycles. The highest BCUT2D eigenvalue weighted by Crippen LogP contribution is 2.29. The number of anilines is 3. The van der Waals surface area contributed by atoms with Crippen LogP contribution in [0, 0.1) is 12.7 Å². The molecule has 0 amide bonds. The molecule has 9 nitrogen and oxygen atoms in total. The smallest absolute Gasteiger partial charge is 0.229 e. The van der Waals surface area contributed by atoms with Crippen molar-refractivity contribution < 1.29 is 14.2 Å². The van der Waals surface area contributed by atoms with Crippen molar-refractivity contribution in [1.29, 1.82) is 0 Å². The predicted molar refractivity (Wildman–Crippen MR) is 137 cm³/mol. The second kappa shape index (κ2) is 10.2. The fraction of sp³-hybridized carbons (Fsp3) is 0.385. The molecule has 1 unspecified atom stereocenters. The van der Waals surface area contributed by atoms with Gasteiger partial charge in [-0.2, -0.15) is 0 Å². The van der Waals surface area contributed by atoms with Crippen molar-refractivity contribution in [3.05, 3.63) is 54.4 Å². The van der Waals surface area contributed by atoms with Crippen molar-refractivity contribution in [2.75, 3.05) is 36.5 Å². The summed E-state index contributed by atoms with van der Waals surface area (Å²) in [7, 11) is 0. The van der Waals surface area contributed by atoms with Gasteiger partial charge in [-0.15, -0.1) is 0 Å².